The molecular weight excluding hydrogens is 285 g/mol. The predicted molar refractivity (Wildman–Crippen MR) is 68.3 cm³/mol. The van der Waals surface area contributed by atoms with E-state index in [1.807, 2.05) is 0 Å². The van der Waals surface area contributed by atoms with E-state index in [0.29, 0.717) is 0 Å². The van der Waals surface area contributed by atoms with Gasteiger partial charge in [0.25, 0.3) is 5.91 Å². The van der Waals surface area contributed by atoms with E-state index in [1.165, 1.54) is 17.0 Å². The zero-order valence-corrected chi connectivity index (χ0v) is 11.0. The Balaban J connectivity index is 1.75. The molecule has 7 heteroatoms. The zero-order valence-electron chi connectivity index (χ0n) is 11.0. The normalized spacial score (nSPS) is 22.8. The largest absolute Gasteiger partial charge is 0.416 e. The first-order valence-electron chi connectivity index (χ1n) is 6.66. The summed E-state index contributed by atoms with van der Waals surface area (Å²) >= 11 is 0. The number of rotatable bonds is 3. The van der Waals surface area contributed by atoms with Crippen LogP contribution in [0.1, 0.15) is 24.8 Å². The summed E-state index contributed by atoms with van der Waals surface area (Å²) in [5, 5.41) is 2.73. The number of imide groups is 1. The van der Waals surface area contributed by atoms with Crippen molar-refractivity contribution in [3.05, 3.63) is 29.8 Å². The third kappa shape index (κ3) is 2.72. The maximum atomic E-state index is 12.6. The quantitative estimate of drug-likeness (QED) is 0.872. The van der Waals surface area contributed by atoms with E-state index >= 15 is 0 Å². The number of carbonyl (C=O) groups excluding carboxylic acids is 2. The van der Waals surface area contributed by atoms with Crippen LogP contribution >= 0.6 is 0 Å². The van der Waals surface area contributed by atoms with E-state index < -0.39 is 17.8 Å². The number of carbonyl (C=O) groups is 2. The minimum absolute atomic E-state index is 0.00835. The Morgan fingerprint density at radius 2 is 1.90 bits per heavy atom. The number of amides is 2. The maximum absolute atomic E-state index is 12.6. The van der Waals surface area contributed by atoms with E-state index in [4.69, 9.17) is 0 Å². The lowest BCUT2D eigenvalue weighted by Gasteiger charge is -2.16. The van der Waals surface area contributed by atoms with Crippen LogP contribution in [0.4, 0.5) is 18.9 Å². The summed E-state index contributed by atoms with van der Waals surface area (Å²) in [4.78, 5) is 25.1. The number of alkyl halides is 3. The fraction of sp³-hybridized carbons (Fsp3) is 0.429. The van der Waals surface area contributed by atoms with Crippen LogP contribution in [-0.2, 0) is 15.8 Å². The van der Waals surface area contributed by atoms with Crippen molar-refractivity contribution < 1.29 is 22.8 Å². The molecule has 2 amide bonds. The lowest BCUT2D eigenvalue weighted by atomic mass is 10.1. The predicted octanol–water partition coefficient (Wildman–Crippen LogP) is 2.41. The maximum Gasteiger partial charge on any atom is 0.416 e. The molecule has 2 aliphatic rings. The highest BCUT2D eigenvalue weighted by atomic mass is 19.4. The molecule has 2 fully saturated rings. The average Bonchev–Trinajstić information content (AvgIpc) is 3.18. The molecule has 1 N–H and O–H groups in total. The molecule has 1 aromatic rings. The van der Waals surface area contributed by atoms with Gasteiger partial charge < -0.3 is 5.32 Å². The van der Waals surface area contributed by atoms with Crippen LogP contribution < -0.4 is 5.32 Å². The molecule has 1 saturated heterocycles. The van der Waals surface area contributed by atoms with Crippen molar-refractivity contribution in [2.45, 2.75) is 37.5 Å². The lowest BCUT2D eigenvalue weighted by Crippen LogP contribution is -2.36. The molecule has 0 bridgehead atoms. The summed E-state index contributed by atoms with van der Waals surface area (Å²) in [5.74, 6) is -0.605. The molecule has 21 heavy (non-hydrogen) atoms. The number of nitrogens with zero attached hydrogens (tertiary/aromatic N) is 1. The Morgan fingerprint density at radius 1 is 1.19 bits per heavy atom. The number of benzene rings is 1. The van der Waals surface area contributed by atoms with Crippen molar-refractivity contribution in [3.8, 4) is 0 Å². The Bertz CT molecular complexity index is 596. The van der Waals surface area contributed by atoms with Gasteiger partial charge in [-0.3, -0.25) is 14.5 Å². The molecule has 1 aliphatic carbocycles. The molecule has 1 saturated carbocycles. The number of halogens is 3. The molecule has 1 unspecified atom stereocenters. The van der Waals surface area contributed by atoms with Crippen LogP contribution in [-0.4, -0.2) is 28.8 Å². The minimum atomic E-state index is -4.44. The summed E-state index contributed by atoms with van der Waals surface area (Å²) in [6, 6.07) is 3.83. The second kappa shape index (κ2) is 4.75. The molecular formula is C14H13F3N2O2. The van der Waals surface area contributed by atoms with Crippen LogP contribution in [0.15, 0.2) is 24.3 Å². The van der Waals surface area contributed by atoms with Gasteiger partial charge in [-0.2, -0.15) is 13.2 Å². The number of likely N-dealkylation sites (tertiary alicyclic amines) is 1. The molecule has 0 radical (unpaired) electrons. The summed E-state index contributed by atoms with van der Waals surface area (Å²) in [7, 11) is 0. The van der Waals surface area contributed by atoms with Gasteiger partial charge in [0.1, 0.15) is 6.04 Å². The van der Waals surface area contributed by atoms with Crippen LogP contribution in [0.3, 0.4) is 0 Å². The average molecular weight is 298 g/mol. The van der Waals surface area contributed by atoms with Crippen molar-refractivity contribution in [2.75, 3.05) is 5.32 Å². The van der Waals surface area contributed by atoms with Crippen LogP contribution in [0.25, 0.3) is 0 Å². The monoisotopic (exact) mass is 298 g/mol. The molecule has 1 aliphatic heterocycles. The van der Waals surface area contributed by atoms with Crippen molar-refractivity contribution >= 4 is 17.5 Å². The van der Waals surface area contributed by atoms with Gasteiger partial charge in [0.2, 0.25) is 5.91 Å². The Labute approximate surface area is 118 Å². The molecule has 4 nitrogen and oxygen atoms in total. The summed E-state index contributed by atoms with van der Waals surface area (Å²) in [5.41, 5.74) is -0.600. The van der Waals surface area contributed by atoms with E-state index in [1.54, 1.807) is 0 Å². The number of anilines is 1. The summed E-state index contributed by atoms with van der Waals surface area (Å²) in [6.45, 7) is 0. The smallest absolute Gasteiger partial charge is 0.373 e. The fourth-order valence-electron chi connectivity index (χ4n) is 2.47. The highest BCUT2D eigenvalue weighted by molar-refractivity contribution is 6.07. The SMILES string of the molecule is O=C1CC(Nc2cccc(C(F)(F)F)c2)C(=O)N1C1CC1. The Morgan fingerprint density at radius 3 is 2.52 bits per heavy atom. The van der Waals surface area contributed by atoms with Crippen LogP contribution in [0.2, 0.25) is 0 Å². The second-order valence-corrected chi connectivity index (χ2v) is 5.31. The summed E-state index contributed by atoms with van der Waals surface area (Å²) in [6.07, 6.45) is -2.82. The van der Waals surface area contributed by atoms with Gasteiger partial charge in [-0.1, -0.05) is 6.07 Å². The van der Waals surface area contributed by atoms with Gasteiger partial charge >= 0.3 is 6.18 Å². The van der Waals surface area contributed by atoms with E-state index in [0.717, 1.165) is 25.0 Å². The first-order chi connectivity index (χ1) is 9.86. The molecule has 0 spiro atoms. The summed E-state index contributed by atoms with van der Waals surface area (Å²) < 4.78 is 37.9. The van der Waals surface area contributed by atoms with Gasteiger partial charge in [-0.05, 0) is 31.0 Å². The standard InChI is InChI=1S/C14H13F3N2O2/c15-14(16,17)8-2-1-3-9(6-8)18-11-7-12(20)19(13(11)21)10-4-5-10/h1-3,6,10-11,18H,4-5,7H2. The molecule has 3 rings (SSSR count). The number of hydrogen-bond donors (Lipinski definition) is 1. The van der Waals surface area contributed by atoms with Crippen LogP contribution in [0.5, 0.6) is 0 Å². The third-order valence-electron chi connectivity index (χ3n) is 3.63. The highest BCUT2D eigenvalue weighted by Crippen LogP contribution is 2.33. The van der Waals surface area contributed by atoms with Crippen molar-refractivity contribution in [2.24, 2.45) is 0 Å². The van der Waals surface area contributed by atoms with Gasteiger partial charge in [0.15, 0.2) is 0 Å². The van der Waals surface area contributed by atoms with Crippen molar-refractivity contribution in [1.29, 1.82) is 0 Å². The van der Waals surface area contributed by atoms with Crippen molar-refractivity contribution in [1.82, 2.24) is 4.90 Å². The fourth-order valence-corrected chi connectivity index (χ4v) is 2.47. The van der Waals surface area contributed by atoms with Gasteiger partial charge in [-0.25, -0.2) is 0 Å². The molecule has 1 atom stereocenters. The first-order valence-corrected chi connectivity index (χ1v) is 6.66. The number of hydrogen-bond acceptors (Lipinski definition) is 3. The Kier molecular flexibility index (Phi) is 3.15. The Hall–Kier alpha value is -2.05. The molecule has 1 aromatic carbocycles. The number of nitrogens with one attached hydrogen (secondary N) is 1. The molecule has 112 valence electrons. The van der Waals surface area contributed by atoms with Gasteiger partial charge in [0.05, 0.1) is 12.0 Å². The van der Waals surface area contributed by atoms with Crippen LogP contribution in [0, 0.1) is 0 Å². The first kappa shape index (κ1) is 13.9. The lowest BCUT2D eigenvalue weighted by molar-refractivity contribution is -0.139. The minimum Gasteiger partial charge on any atom is -0.373 e. The second-order valence-electron chi connectivity index (χ2n) is 5.31. The van der Waals surface area contributed by atoms with Crippen molar-refractivity contribution in [3.63, 3.8) is 0 Å². The third-order valence-corrected chi connectivity index (χ3v) is 3.63. The van der Waals surface area contributed by atoms with Gasteiger partial charge in [-0.15, -0.1) is 0 Å². The highest BCUT2D eigenvalue weighted by Gasteiger charge is 2.46. The topological polar surface area (TPSA) is 49.4 Å². The molecule has 0 aromatic heterocycles. The van der Waals surface area contributed by atoms with E-state index in [2.05, 4.69) is 5.32 Å². The zero-order chi connectivity index (χ0) is 15.2. The van der Waals surface area contributed by atoms with E-state index in [-0.39, 0.29) is 30.0 Å². The van der Waals surface area contributed by atoms with Gasteiger partial charge in [0, 0.05) is 11.7 Å². The molecule has 1 heterocycles. The van der Waals surface area contributed by atoms with E-state index in [9.17, 15) is 22.8 Å².